The summed E-state index contributed by atoms with van der Waals surface area (Å²) in [7, 11) is 2.06. The largest absolute Gasteiger partial charge is 0.450 e. The summed E-state index contributed by atoms with van der Waals surface area (Å²) in [5, 5.41) is 2.86. The van der Waals surface area contributed by atoms with E-state index in [0.29, 0.717) is 12.5 Å². The number of alkyl carbamates (subject to hydrolysis) is 1. The lowest BCUT2D eigenvalue weighted by Gasteiger charge is -2.15. The minimum Gasteiger partial charge on any atom is -0.450 e. The van der Waals surface area contributed by atoms with Crippen molar-refractivity contribution < 1.29 is 9.53 Å². The van der Waals surface area contributed by atoms with Crippen LogP contribution in [0.25, 0.3) is 0 Å². The van der Waals surface area contributed by atoms with Gasteiger partial charge in [-0.1, -0.05) is 6.92 Å². The number of ether oxygens (including phenoxy) is 1. The molecule has 1 fully saturated rings. The minimum absolute atomic E-state index is 0.240. The van der Waals surface area contributed by atoms with Crippen LogP contribution in [0, 0.1) is 5.92 Å². The van der Waals surface area contributed by atoms with Crippen molar-refractivity contribution >= 4 is 6.09 Å². The van der Waals surface area contributed by atoms with E-state index in [1.165, 1.54) is 0 Å². The highest BCUT2D eigenvalue weighted by molar-refractivity contribution is 5.67. The zero-order valence-electron chi connectivity index (χ0n) is 8.54. The summed E-state index contributed by atoms with van der Waals surface area (Å²) < 4.78 is 4.82. The van der Waals surface area contributed by atoms with Gasteiger partial charge in [-0.25, -0.2) is 4.79 Å². The van der Waals surface area contributed by atoms with E-state index in [1.807, 2.05) is 6.92 Å². The Morgan fingerprint density at radius 3 is 2.77 bits per heavy atom. The molecular formula is C9H18N2O2. The van der Waals surface area contributed by atoms with Gasteiger partial charge in [0.25, 0.3) is 0 Å². The van der Waals surface area contributed by atoms with Crippen molar-refractivity contribution in [1.82, 2.24) is 10.2 Å². The highest BCUT2D eigenvalue weighted by Gasteiger charge is 2.28. The van der Waals surface area contributed by atoms with Gasteiger partial charge in [-0.2, -0.15) is 0 Å². The highest BCUT2D eigenvalue weighted by atomic mass is 16.5. The fourth-order valence-electron chi connectivity index (χ4n) is 1.72. The Bertz CT molecular complexity index is 184. The van der Waals surface area contributed by atoms with Crippen molar-refractivity contribution in [3.05, 3.63) is 0 Å². The van der Waals surface area contributed by atoms with Crippen molar-refractivity contribution in [2.75, 3.05) is 26.7 Å². The molecule has 1 aliphatic rings. The van der Waals surface area contributed by atoms with Crippen LogP contribution in [0.2, 0.25) is 0 Å². The second kappa shape index (κ2) is 4.46. The molecule has 4 nitrogen and oxygen atoms in total. The third kappa shape index (κ3) is 2.88. The fraction of sp³-hybridized carbons (Fsp3) is 0.889. The molecule has 0 saturated carbocycles. The first kappa shape index (κ1) is 10.3. The van der Waals surface area contributed by atoms with Crippen LogP contribution in [-0.2, 0) is 4.74 Å². The molecular weight excluding hydrogens is 168 g/mol. The molecule has 4 heteroatoms. The first-order chi connectivity index (χ1) is 6.13. The van der Waals surface area contributed by atoms with Gasteiger partial charge in [0.2, 0.25) is 0 Å². The zero-order valence-corrected chi connectivity index (χ0v) is 8.54. The van der Waals surface area contributed by atoms with E-state index >= 15 is 0 Å². The molecule has 76 valence electrons. The molecule has 0 aliphatic carbocycles. The Morgan fingerprint density at radius 1 is 1.62 bits per heavy atom. The number of rotatable bonds is 2. The predicted molar refractivity (Wildman–Crippen MR) is 50.6 cm³/mol. The number of likely N-dealkylation sites (tertiary alicyclic amines) is 1. The molecule has 1 aliphatic heterocycles. The molecule has 1 heterocycles. The molecule has 0 bridgehead atoms. The van der Waals surface area contributed by atoms with Crippen LogP contribution in [-0.4, -0.2) is 43.8 Å². The summed E-state index contributed by atoms with van der Waals surface area (Å²) in [5.41, 5.74) is 0. The van der Waals surface area contributed by atoms with E-state index in [0.717, 1.165) is 13.1 Å². The second-order valence-electron chi connectivity index (χ2n) is 3.67. The lowest BCUT2D eigenvalue weighted by Crippen LogP contribution is -2.39. The van der Waals surface area contributed by atoms with Crippen LogP contribution < -0.4 is 5.32 Å². The molecule has 1 amide bonds. The first-order valence-electron chi connectivity index (χ1n) is 4.75. The van der Waals surface area contributed by atoms with Gasteiger partial charge >= 0.3 is 6.09 Å². The SMILES string of the molecule is CCOC(=O)NC1CN(C)CC1C. The Hall–Kier alpha value is -0.770. The monoisotopic (exact) mass is 186 g/mol. The van der Waals surface area contributed by atoms with Gasteiger partial charge in [-0.3, -0.25) is 0 Å². The average molecular weight is 186 g/mol. The summed E-state index contributed by atoms with van der Waals surface area (Å²) in [4.78, 5) is 13.3. The summed E-state index contributed by atoms with van der Waals surface area (Å²) in [6, 6.07) is 0.240. The molecule has 1 N–H and O–H groups in total. The van der Waals surface area contributed by atoms with E-state index in [9.17, 15) is 4.79 Å². The van der Waals surface area contributed by atoms with Crippen LogP contribution >= 0.6 is 0 Å². The maximum atomic E-state index is 11.1. The van der Waals surface area contributed by atoms with E-state index < -0.39 is 0 Å². The topological polar surface area (TPSA) is 41.6 Å². The van der Waals surface area contributed by atoms with Crippen LogP contribution in [0.15, 0.2) is 0 Å². The summed E-state index contributed by atoms with van der Waals surface area (Å²) in [6.45, 7) is 6.34. The number of likely N-dealkylation sites (N-methyl/N-ethyl adjacent to an activating group) is 1. The summed E-state index contributed by atoms with van der Waals surface area (Å²) >= 11 is 0. The lowest BCUT2D eigenvalue weighted by molar-refractivity contribution is 0.146. The van der Waals surface area contributed by atoms with Crippen LogP contribution in [0.5, 0.6) is 0 Å². The van der Waals surface area contributed by atoms with Crippen molar-refractivity contribution in [2.45, 2.75) is 19.9 Å². The summed E-state index contributed by atoms with van der Waals surface area (Å²) in [6.07, 6.45) is -0.297. The quantitative estimate of drug-likeness (QED) is 0.689. The Labute approximate surface area is 79.2 Å². The molecule has 2 unspecified atom stereocenters. The minimum atomic E-state index is -0.297. The molecule has 0 spiro atoms. The van der Waals surface area contributed by atoms with Crippen LogP contribution in [0.1, 0.15) is 13.8 Å². The standard InChI is InChI=1S/C9H18N2O2/c1-4-13-9(12)10-8-6-11(3)5-7(8)2/h7-8H,4-6H2,1-3H3,(H,10,12). The molecule has 13 heavy (non-hydrogen) atoms. The first-order valence-corrected chi connectivity index (χ1v) is 4.75. The van der Waals surface area contributed by atoms with Gasteiger partial charge in [0, 0.05) is 19.1 Å². The van der Waals surface area contributed by atoms with E-state index in [4.69, 9.17) is 4.74 Å². The van der Waals surface area contributed by atoms with Crippen LogP contribution in [0.4, 0.5) is 4.79 Å². The van der Waals surface area contributed by atoms with Gasteiger partial charge in [-0.05, 0) is 19.9 Å². The number of nitrogens with one attached hydrogen (secondary N) is 1. The molecule has 0 aromatic rings. The third-order valence-corrected chi connectivity index (χ3v) is 2.37. The number of carbonyl (C=O) groups is 1. The van der Waals surface area contributed by atoms with Gasteiger partial charge < -0.3 is 15.0 Å². The maximum absolute atomic E-state index is 11.1. The van der Waals surface area contributed by atoms with Gasteiger partial charge in [0.1, 0.15) is 0 Å². The van der Waals surface area contributed by atoms with Gasteiger partial charge in [0.05, 0.1) is 6.61 Å². The van der Waals surface area contributed by atoms with Gasteiger partial charge in [0.15, 0.2) is 0 Å². The van der Waals surface area contributed by atoms with Crippen molar-refractivity contribution in [1.29, 1.82) is 0 Å². The number of amides is 1. The van der Waals surface area contributed by atoms with Gasteiger partial charge in [-0.15, -0.1) is 0 Å². The molecule has 2 atom stereocenters. The summed E-state index contributed by atoms with van der Waals surface area (Å²) in [5.74, 6) is 0.509. The number of nitrogens with zero attached hydrogens (tertiary/aromatic N) is 1. The number of hydrogen-bond acceptors (Lipinski definition) is 3. The van der Waals surface area contributed by atoms with Crippen molar-refractivity contribution in [2.24, 2.45) is 5.92 Å². The molecule has 0 aromatic heterocycles. The lowest BCUT2D eigenvalue weighted by atomic mass is 10.1. The number of hydrogen-bond donors (Lipinski definition) is 1. The van der Waals surface area contributed by atoms with E-state index in [1.54, 1.807) is 0 Å². The predicted octanol–water partition coefficient (Wildman–Crippen LogP) is 0.683. The fourth-order valence-corrected chi connectivity index (χ4v) is 1.72. The molecule has 1 rings (SSSR count). The smallest absolute Gasteiger partial charge is 0.407 e. The molecule has 0 radical (unpaired) electrons. The number of carbonyl (C=O) groups excluding carboxylic acids is 1. The second-order valence-corrected chi connectivity index (χ2v) is 3.67. The highest BCUT2D eigenvalue weighted by Crippen LogP contribution is 2.14. The molecule has 1 saturated heterocycles. The normalized spacial score (nSPS) is 28.8. The van der Waals surface area contributed by atoms with E-state index in [2.05, 4.69) is 24.2 Å². The zero-order chi connectivity index (χ0) is 9.84. The van der Waals surface area contributed by atoms with Crippen LogP contribution in [0.3, 0.4) is 0 Å². The van der Waals surface area contributed by atoms with E-state index in [-0.39, 0.29) is 12.1 Å². The van der Waals surface area contributed by atoms with Crippen molar-refractivity contribution in [3.63, 3.8) is 0 Å². The molecule has 0 aromatic carbocycles. The Morgan fingerprint density at radius 2 is 2.31 bits per heavy atom. The maximum Gasteiger partial charge on any atom is 0.407 e. The van der Waals surface area contributed by atoms with Crippen molar-refractivity contribution in [3.8, 4) is 0 Å². The Kier molecular flexibility index (Phi) is 3.54. The average Bonchev–Trinajstić information content (AvgIpc) is 2.30. The third-order valence-electron chi connectivity index (χ3n) is 2.37. The Balaban J connectivity index is 2.32.